The van der Waals surface area contributed by atoms with Gasteiger partial charge in [-0.15, -0.1) is 10.2 Å². The quantitative estimate of drug-likeness (QED) is 0.380. The van der Waals surface area contributed by atoms with Gasteiger partial charge in [0.2, 0.25) is 5.82 Å². The largest absolute Gasteiger partial charge is 0.486 e. The lowest BCUT2D eigenvalue weighted by Gasteiger charge is -2.44. The number of carbonyl (C=O) groups is 2. The Kier molecular flexibility index (Phi) is 6.17. The molecule has 3 aliphatic rings. The van der Waals surface area contributed by atoms with Gasteiger partial charge in [0.15, 0.2) is 5.78 Å². The fourth-order valence-corrected chi connectivity index (χ4v) is 6.10. The monoisotopic (exact) mass is 553 g/mol. The van der Waals surface area contributed by atoms with Crippen molar-refractivity contribution >= 4 is 28.9 Å². The van der Waals surface area contributed by atoms with Crippen LogP contribution in [0.1, 0.15) is 52.8 Å². The first-order valence-corrected chi connectivity index (χ1v) is 14.0. The van der Waals surface area contributed by atoms with Crippen molar-refractivity contribution < 1.29 is 14.3 Å². The number of carbonyl (C=O) groups excluding carboxylic acids is 2. The maximum Gasteiger partial charge on any atom is 0.253 e. The second-order valence-corrected chi connectivity index (χ2v) is 11.1. The minimum absolute atomic E-state index is 0.0425. The molecule has 0 saturated carbocycles. The van der Waals surface area contributed by atoms with Gasteiger partial charge in [-0.25, -0.2) is 0 Å². The van der Waals surface area contributed by atoms with Crippen molar-refractivity contribution in [1.82, 2.24) is 35.3 Å². The minimum Gasteiger partial charge on any atom is -0.486 e. The maximum atomic E-state index is 13.7. The summed E-state index contributed by atoms with van der Waals surface area (Å²) in [5.41, 5.74) is 3.13. The standard InChI is InChI=1S/C29H31N9O3/c1-36-26(6-9-30-36)31-21-4-5-25-23(17-21)24(39)18-29(41-25)7-12-38(13-8-29)28(40)20-14-19(27-32-34-35-33-27)15-22(16-20)37-10-2-3-11-37/h4-6,9,14-17,31H,2-3,7-8,10-13,18H2,1H3,(H,32,33,34,35). The highest BCUT2D eigenvalue weighted by atomic mass is 16.5. The Morgan fingerprint density at radius 1 is 1.05 bits per heavy atom. The van der Waals surface area contributed by atoms with Gasteiger partial charge in [-0.3, -0.25) is 14.3 Å². The first kappa shape index (κ1) is 25.2. The predicted molar refractivity (Wildman–Crippen MR) is 151 cm³/mol. The van der Waals surface area contributed by atoms with E-state index < -0.39 is 5.60 Å². The third kappa shape index (κ3) is 4.79. The zero-order valence-corrected chi connectivity index (χ0v) is 22.8. The normalized spacial score (nSPS) is 17.9. The number of aromatic amines is 1. The van der Waals surface area contributed by atoms with Crippen molar-refractivity contribution in [2.24, 2.45) is 7.05 Å². The molecule has 210 valence electrons. The molecule has 12 heteroatoms. The van der Waals surface area contributed by atoms with E-state index in [4.69, 9.17) is 4.74 Å². The summed E-state index contributed by atoms with van der Waals surface area (Å²) in [6.45, 7) is 2.94. The number of rotatable bonds is 5. The average molecular weight is 554 g/mol. The topological polar surface area (TPSA) is 134 Å². The highest BCUT2D eigenvalue weighted by Gasteiger charge is 2.44. The molecule has 5 heterocycles. The van der Waals surface area contributed by atoms with Gasteiger partial charge < -0.3 is 19.9 Å². The molecule has 0 radical (unpaired) electrons. The summed E-state index contributed by atoms with van der Waals surface area (Å²) < 4.78 is 8.23. The number of Topliss-reactive ketones (excluding diaryl/α,β-unsaturated/α-hetero) is 1. The Hall–Kier alpha value is -4.74. The number of amides is 1. The molecule has 0 aliphatic carbocycles. The summed E-state index contributed by atoms with van der Waals surface area (Å²) in [7, 11) is 1.85. The molecule has 2 aromatic carbocycles. The van der Waals surface area contributed by atoms with Gasteiger partial charge in [-0.2, -0.15) is 10.3 Å². The van der Waals surface area contributed by atoms with Crippen LogP contribution in [0.2, 0.25) is 0 Å². The molecule has 7 rings (SSSR count). The molecule has 1 amide bonds. The molecule has 1 spiro atoms. The van der Waals surface area contributed by atoms with E-state index in [1.807, 2.05) is 54.4 Å². The number of nitrogens with zero attached hydrogens (tertiary/aromatic N) is 7. The summed E-state index contributed by atoms with van der Waals surface area (Å²) in [6, 6.07) is 13.3. The van der Waals surface area contributed by atoms with Crippen molar-refractivity contribution in [3.63, 3.8) is 0 Å². The van der Waals surface area contributed by atoms with Crippen molar-refractivity contribution in [3.8, 4) is 17.1 Å². The second kappa shape index (κ2) is 10.0. The number of ketones is 1. The number of fused-ring (bicyclic) bond motifs is 1. The lowest BCUT2D eigenvalue weighted by Crippen LogP contribution is -2.52. The summed E-state index contributed by atoms with van der Waals surface area (Å²) in [4.78, 5) is 31.2. The third-order valence-corrected chi connectivity index (χ3v) is 8.38. The molecule has 41 heavy (non-hydrogen) atoms. The third-order valence-electron chi connectivity index (χ3n) is 8.38. The Balaban J connectivity index is 1.07. The zero-order valence-electron chi connectivity index (χ0n) is 22.8. The number of anilines is 3. The van der Waals surface area contributed by atoms with Gasteiger partial charge in [0.25, 0.3) is 5.91 Å². The Bertz CT molecular complexity index is 1600. The number of aromatic nitrogens is 6. The van der Waals surface area contributed by atoms with E-state index in [0.29, 0.717) is 55.1 Å². The van der Waals surface area contributed by atoms with Gasteiger partial charge in [-0.1, -0.05) is 0 Å². The summed E-state index contributed by atoms with van der Waals surface area (Å²) >= 11 is 0. The van der Waals surface area contributed by atoms with E-state index in [1.165, 1.54) is 0 Å². The molecule has 0 unspecified atom stereocenters. The average Bonchev–Trinajstić information content (AvgIpc) is 3.78. The summed E-state index contributed by atoms with van der Waals surface area (Å²) in [5.74, 6) is 1.91. The van der Waals surface area contributed by atoms with Gasteiger partial charge in [0, 0.05) is 74.6 Å². The van der Waals surface area contributed by atoms with Crippen LogP contribution in [-0.4, -0.2) is 78.8 Å². The van der Waals surface area contributed by atoms with E-state index in [1.54, 1.807) is 10.9 Å². The van der Waals surface area contributed by atoms with Crippen molar-refractivity contribution in [2.75, 3.05) is 36.4 Å². The first-order chi connectivity index (χ1) is 20.0. The number of nitrogens with one attached hydrogen (secondary N) is 2. The van der Waals surface area contributed by atoms with Gasteiger partial charge in [0.05, 0.1) is 18.2 Å². The zero-order chi connectivity index (χ0) is 28.0. The van der Waals surface area contributed by atoms with E-state index in [0.717, 1.165) is 48.7 Å². The first-order valence-electron chi connectivity index (χ1n) is 14.0. The number of aryl methyl sites for hydroxylation is 1. The Labute approximate surface area is 236 Å². The van der Waals surface area contributed by atoms with Gasteiger partial charge in [-0.05, 0) is 54.5 Å². The molecule has 0 bridgehead atoms. The fraction of sp³-hybridized carbons (Fsp3) is 0.379. The SMILES string of the molecule is Cn1nccc1Nc1ccc2c(c1)C(=O)CC1(CCN(C(=O)c3cc(-c4nn[nH]n4)cc(N4CCCC4)c3)CC1)O2. The Morgan fingerprint density at radius 2 is 1.88 bits per heavy atom. The van der Waals surface area contributed by atoms with E-state index in [2.05, 4.69) is 35.9 Å². The van der Waals surface area contributed by atoms with Crippen LogP contribution in [0.25, 0.3) is 11.4 Å². The van der Waals surface area contributed by atoms with E-state index in [9.17, 15) is 9.59 Å². The molecule has 2 saturated heterocycles. The van der Waals surface area contributed by atoms with Crippen LogP contribution in [0, 0.1) is 0 Å². The number of likely N-dealkylation sites (tertiary alicyclic amines) is 1. The Morgan fingerprint density at radius 3 is 2.61 bits per heavy atom. The smallest absolute Gasteiger partial charge is 0.253 e. The lowest BCUT2D eigenvalue weighted by molar-refractivity contribution is -0.00569. The predicted octanol–water partition coefficient (Wildman–Crippen LogP) is 3.58. The summed E-state index contributed by atoms with van der Waals surface area (Å²) in [6.07, 6.45) is 5.45. The number of hydrogen-bond donors (Lipinski definition) is 2. The van der Waals surface area contributed by atoms with Gasteiger partial charge >= 0.3 is 0 Å². The molecular formula is C29H31N9O3. The number of ether oxygens (including phenoxy) is 1. The van der Waals surface area contributed by atoms with Crippen LogP contribution in [0.5, 0.6) is 5.75 Å². The molecule has 3 aliphatic heterocycles. The molecule has 2 fully saturated rings. The fourth-order valence-electron chi connectivity index (χ4n) is 6.10. The van der Waals surface area contributed by atoms with Crippen molar-refractivity contribution in [1.29, 1.82) is 0 Å². The van der Waals surface area contributed by atoms with Crippen molar-refractivity contribution in [3.05, 3.63) is 59.8 Å². The number of hydrogen-bond acceptors (Lipinski definition) is 9. The molecule has 12 nitrogen and oxygen atoms in total. The molecular weight excluding hydrogens is 522 g/mol. The van der Waals surface area contributed by atoms with E-state index in [-0.39, 0.29) is 11.7 Å². The van der Waals surface area contributed by atoms with Crippen LogP contribution in [0.3, 0.4) is 0 Å². The minimum atomic E-state index is -0.606. The highest BCUT2D eigenvalue weighted by Crippen LogP contribution is 2.41. The molecule has 4 aromatic rings. The van der Waals surface area contributed by atoms with Gasteiger partial charge in [0.1, 0.15) is 17.2 Å². The number of benzene rings is 2. The maximum absolute atomic E-state index is 13.7. The molecule has 2 aromatic heterocycles. The summed E-state index contributed by atoms with van der Waals surface area (Å²) in [5, 5.41) is 21.9. The molecule has 0 atom stereocenters. The highest BCUT2D eigenvalue weighted by molar-refractivity contribution is 6.01. The number of piperidine rings is 1. The lowest BCUT2D eigenvalue weighted by atomic mass is 9.82. The van der Waals surface area contributed by atoms with Crippen LogP contribution >= 0.6 is 0 Å². The van der Waals surface area contributed by atoms with Crippen molar-refractivity contribution in [2.45, 2.75) is 37.7 Å². The second-order valence-electron chi connectivity index (χ2n) is 11.1. The van der Waals surface area contributed by atoms with Crippen LogP contribution in [0.4, 0.5) is 17.2 Å². The number of H-pyrrole nitrogens is 1. The van der Waals surface area contributed by atoms with Crippen LogP contribution < -0.4 is 15.0 Å². The number of tetrazole rings is 1. The van der Waals surface area contributed by atoms with Crippen LogP contribution in [-0.2, 0) is 7.05 Å². The molecule has 2 N–H and O–H groups in total. The van der Waals surface area contributed by atoms with E-state index >= 15 is 0 Å². The van der Waals surface area contributed by atoms with Crippen LogP contribution in [0.15, 0.2) is 48.7 Å².